The maximum Gasteiger partial charge on any atom is 0.160 e. The highest BCUT2D eigenvalue weighted by Crippen LogP contribution is 2.25. The maximum absolute atomic E-state index is 13.1. The lowest BCUT2D eigenvalue weighted by molar-refractivity contribution is 0.628. The minimum absolute atomic E-state index is 0.260. The lowest BCUT2D eigenvalue weighted by atomic mass is 10.2. The van der Waals surface area contributed by atoms with E-state index >= 15 is 0 Å². The molecule has 4 nitrogen and oxygen atoms in total. The summed E-state index contributed by atoms with van der Waals surface area (Å²) in [5.74, 6) is 0.511. The highest BCUT2D eigenvalue weighted by molar-refractivity contribution is 5.79. The number of imidazole rings is 1. The summed E-state index contributed by atoms with van der Waals surface area (Å²) >= 11 is 0. The largest absolute Gasteiger partial charge is 0.329 e. The molecule has 0 amide bonds. The molecule has 1 aromatic carbocycles. The van der Waals surface area contributed by atoms with Gasteiger partial charge in [-0.15, -0.1) is 0 Å². The van der Waals surface area contributed by atoms with Gasteiger partial charge in [-0.3, -0.25) is 0 Å². The fourth-order valence-electron chi connectivity index (χ4n) is 2.30. The molecule has 5 heteroatoms. The van der Waals surface area contributed by atoms with E-state index in [9.17, 15) is 4.39 Å². The zero-order chi connectivity index (χ0) is 14.1. The highest BCUT2D eigenvalue weighted by atomic mass is 19.1. The monoisotopic (exact) mass is 270 g/mol. The Bertz CT molecular complexity index is 746. The lowest BCUT2D eigenvalue weighted by Crippen LogP contribution is -2.11. The van der Waals surface area contributed by atoms with Gasteiger partial charge in [-0.2, -0.15) is 0 Å². The first kappa shape index (κ1) is 12.7. The summed E-state index contributed by atoms with van der Waals surface area (Å²) in [5.41, 5.74) is 9.28. The van der Waals surface area contributed by atoms with E-state index in [-0.39, 0.29) is 5.82 Å². The number of nitrogens with two attached hydrogens (primary N) is 1. The molecule has 20 heavy (non-hydrogen) atoms. The van der Waals surface area contributed by atoms with Crippen molar-refractivity contribution in [1.29, 1.82) is 0 Å². The van der Waals surface area contributed by atoms with Crippen LogP contribution in [0.5, 0.6) is 0 Å². The predicted molar refractivity (Wildman–Crippen MR) is 76.7 cm³/mol. The van der Waals surface area contributed by atoms with Gasteiger partial charge in [0, 0.05) is 24.8 Å². The van der Waals surface area contributed by atoms with Crippen molar-refractivity contribution >= 4 is 11.2 Å². The van der Waals surface area contributed by atoms with Crippen LogP contribution in [0.1, 0.15) is 5.56 Å². The number of halogens is 1. The quantitative estimate of drug-likeness (QED) is 0.795. The fourth-order valence-corrected chi connectivity index (χ4v) is 2.30. The minimum Gasteiger partial charge on any atom is -0.329 e. The molecule has 0 aliphatic rings. The first-order valence-electron chi connectivity index (χ1n) is 6.48. The number of hydrogen-bond acceptors (Lipinski definition) is 3. The summed E-state index contributed by atoms with van der Waals surface area (Å²) in [6, 6.07) is 8.23. The third kappa shape index (κ3) is 2.06. The molecule has 2 aromatic heterocycles. The second kappa shape index (κ2) is 5.02. The summed E-state index contributed by atoms with van der Waals surface area (Å²) in [4.78, 5) is 9.05. The van der Waals surface area contributed by atoms with Crippen LogP contribution in [0.3, 0.4) is 0 Å². The van der Waals surface area contributed by atoms with Gasteiger partial charge in [0.05, 0.1) is 0 Å². The number of nitrogens with zero attached hydrogens (tertiary/aromatic N) is 3. The number of rotatable bonds is 3. The van der Waals surface area contributed by atoms with E-state index in [0.29, 0.717) is 13.1 Å². The molecule has 0 saturated heterocycles. The number of benzene rings is 1. The van der Waals surface area contributed by atoms with E-state index in [4.69, 9.17) is 5.73 Å². The molecular formula is C15H15FN4. The topological polar surface area (TPSA) is 56.7 Å². The normalized spacial score (nSPS) is 11.2. The molecule has 0 fully saturated rings. The van der Waals surface area contributed by atoms with Crippen molar-refractivity contribution in [2.45, 2.75) is 13.5 Å². The van der Waals surface area contributed by atoms with Gasteiger partial charge in [-0.1, -0.05) is 0 Å². The van der Waals surface area contributed by atoms with Crippen molar-refractivity contribution in [3.8, 4) is 11.4 Å². The molecule has 0 aliphatic heterocycles. The average Bonchev–Trinajstić information content (AvgIpc) is 2.81. The van der Waals surface area contributed by atoms with Crippen molar-refractivity contribution in [3.05, 3.63) is 47.9 Å². The van der Waals surface area contributed by atoms with Crippen LogP contribution in [-0.2, 0) is 6.54 Å². The van der Waals surface area contributed by atoms with Gasteiger partial charge < -0.3 is 10.3 Å². The third-order valence-electron chi connectivity index (χ3n) is 3.29. The zero-order valence-electron chi connectivity index (χ0n) is 11.2. The van der Waals surface area contributed by atoms with Gasteiger partial charge >= 0.3 is 0 Å². The molecule has 0 saturated carbocycles. The smallest absolute Gasteiger partial charge is 0.160 e. The summed E-state index contributed by atoms with van der Waals surface area (Å²) < 4.78 is 15.0. The van der Waals surface area contributed by atoms with Crippen LogP contribution in [0.25, 0.3) is 22.6 Å². The van der Waals surface area contributed by atoms with E-state index in [0.717, 1.165) is 28.1 Å². The summed E-state index contributed by atoms with van der Waals surface area (Å²) in [6.07, 6.45) is 1.76. The Morgan fingerprint density at radius 1 is 1.20 bits per heavy atom. The van der Waals surface area contributed by atoms with Crippen LogP contribution >= 0.6 is 0 Å². The number of hydrogen-bond donors (Lipinski definition) is 1. The molecule has 0 aliphatic carbocycles. The van der Waals surface area contributed by atoms with Crippen molar-refractivity contribution < 1.29 is 4.39 Å². The van der Waals surface area contributed by atoms with Crippen molar-refractivity contribution in [3.63, 3.8) is 0 Å². The molecule has 0 spiro atoms. The Morgan fingerprint density at radius 2 is 1.95 bits per heavy atom. The second-order valence-corrected chi connectivity index (χ2v) is 4.68. The SMILES string of the molecule is Cc1ccnc2c1nc(-c1ccc(F)cc1)n2CCN. The Balaban J connectivity index is 2.26. The molecule has 102 valence electrons. The zero-order valence-corrected chi connectivity index (χ0v) is 11.2. The Kier molecular flexibility index (Phi) is 3.20. The average molecular weight is 270 g/mol. The molecule has 0 atom stereocenters. The summed E-state index contributed by atoms with van der Waals surface area (Å²) in [6.45, 7) is 3.12. The third-order valence-corrected chi connectivity index (χ3v) is 3.29. The Labute approximate surface area is 116 Å². The van der Waals surface area contributed by atoms with E-state index < -0.39 is 0 Å². The summed E-state index contributed by atoms with van der Waals surface area (Å²) in [7, 11) is 0. The first-order chi connectivity index (χ1) is 9.70. The van der Waals surface area contributed by atoms with E-state index in [2.05, 4.69) is 9.97 Å². The standard InChI is InChI=1S/C15H15FN4/c1-10-6-8-18-15-13(10)19-14(20(15)9-7-17)11-2-4-12(16)5-3-11/h2-6,8H,7,9,17H2,1H3. The lowest BCUT2D eigenvalue weighted by Gasteiger charge is -2.07. The van der Waals surface area contributed by atoms with Gasteiger partial charge in [0.1, 0.15) is 17.2 Å². The molecule has 0 bridgehead atoms. The van der Waals surface area contributed by atoms with Crippen LogP contribution in [0.4, 0.5) is 4.39 Å². The van der Waals surface area contributed by atoms with Crippen LogP contribution in [0.2, 0.25) is 0 Å². The van der Waals surface area contributed by atoms with E-state index in [1.54, 1.807) is 18.3 Å². The van der Waals surface area contributed by atoms with Crippen LogP contribution in [0.15, 0.2) is 36.5 Å². The van der Waals surface area contributed by atoms with Gasteiger partial charge in [-0.25, -0.2) is 14.4 Å². The maximum atomic E-state index is 13.1. The van der Waals surface area contributed by atoms with Crippen molar-refractivity contribution in [2.24, 2.45) is 5.73 Å². The van der Waals surface area contributed by atoms with E-state index in [1.165, 1.54) is 12.1 Å². The van der Waals surface area contributed by atoms with Crippen molar-refractivity contribution in [2.75, 3.05) is 6.54 Å². The van der Waals surface area contributed by atoms with Gasteiger partial charge in [0.2, 0.25) is 0 Å². The Morgan fingerprint density at radius 3 is 2.65 bits per heavy atom. The van der Waals surface area contributed by atoms with Crippen molar-refractivity contribution in [1.82, 2.24) is 14.5 Å². The Hall–Kier alpha value is -2.27. The van der Waals surface area contributed by atoms with Gasteiger partial charge in [-0.05, 0) is 42.8 Å². The van der Waals surface area contributed by atoms with E-state index in [1.807, 2.05) is 17.6 Å². The molecule has 2 heterocycles. The number of fused-ring (bicyclic) bond motifs is 1. The molecular weight excluding hydrogens is 255 g/mol. The highest BCUT2D eigenvalue weighted by Gasteiger charge is 2.14. The number of pyridine rings is 1. The van der Waals surface area contributed by atoms with Crippen LogP contribution < -0.4 is 5.73 Å². The van der Waals surface area contributed by atoms with Gasteiger partial charge in [0.25, 0.3) is 0 Å². The number of aryl methyl sites for hydroxylation is 1. The molecule has 3 rings (SSSR count). The number of aromatic nitrogens is 3. The molecule has 2 N–H and O–H groups in total. The molecule has 0 radical (unpaired) electrons. The van der Waals surface area contributed by atoms with Gasteiger partial charge in [0.15, 0.2) is 5.65 Å². The fraction of sp³-hybridized carbons (Fsp3) is 0.200. The molecule has 0 unspecified atom stereocenters. The second-order valence-electron chi connectivity index (χ2n) is 4.68. The predicted octanol–water partition coefficient (Wildman–Crippen LogP) is 2.50. The first-order valence-corrected chi connectivity index (χ1v) is 6.48. The molecule has 3 aromatic rings. The van der Waals surface area contributed by atoms with Crippen LogP contribution in [0, 0.1) is 12.7 Å². The summed E-state index contributed by atoms with van der Waals surface area (Å²) in [5, 5.41) is 0. The minimum atomic E-state index is -0.260. The van der Waals surface area contributed by atoms with Crippen LogP contribution in [-0.4, -0.2) is 21.1 Å².